The number of benzene rings is 1. The second-order valence-electron chi connectivity index (χ2n) is 15.6. The van der Waals surface area contributed by atoms with E-state index in [4.69, 9.17) is 4.74 Å². The van der Waals surface area contributed by atoms with Crippen molar-refractivity contribution in [2.75, 3.05) is 6.54 Å². The molecule has 0 aromatic heterocycles. The summed E-state index contributed by atoms with van der Waals surface area (Å²) in [5.74, 6) is 0.835. The smallest absolute Gasteiger partial charge is 0.166 e. The zero-order chi connectivity index (χ0) is 26.8. The molecule has 1 aromatic carbocycles. The van der Waals surface area contributed by atoms with Gasteiger partial charge in [0.1, 0.15) is 6.10 Å². The Morgan fingerprint density at radius 3 is 2.11 bits per heavy atom. The fourth-order valence-corrected chi connectivity index (χ4v) is 10.0. The zero-order valence-corrected chi connectivity index (χ0v) is 24.4. The maximum atomic E-state index is 13.4. The predicted molar refractivity (Wildman–Crippen MR) is 145 cm³/mol. The molecule has 6 rings (SSSR count). The van der Waals surface area contributed by atoms with Gasteiger partial charge in [0, 0.05) is 29.1 Å². The average molecular weight is 494 g/mol. The monoisotopic (exact) mass is 493 g/mol. The molecule has 5 atom stereocenters. The molecule has 0 amide bonds. The number of phenols is 1. The van der Waals surface area contributed by atoms with Gasteiger partial charge < -0.3 is 14.9 Å². The molecule has 1 unspecified atom stereocenters. The molecule has 1 spiro atoms. The summed E-state index contributed by atoms with van der Waals surface area (Å²) in [5, 5.41) is 24.8. The van der Waals surface area contributed by atoms with Crippen LogP contribution in [-0.2, 0) is 10.8 Å². The van der Waals surface area contributed by atoms with Crippen molar-refractivity contribution in [1.82, 2.24) is 4.90 Å². The third-order valence-electron chi connectivity index (χ3n) is 13.1. The molecule has 3 fully saturated rings. The van der Waals surface area contributed by atoms with Crippen molar-refractivity contribution in [3.8, 4) is 11.5 Å². The van der Waals surface area contributed by atoms with Crippen LogP contribution in [0.3, 0.4) is 0 Å². The van der Waals surface area contributed by atoms with Gasteiger partial charge in [-0.15, -0.1) is 0 Å². The van der Waals surface area contributed by atoms with Crippen LogP contribution in [0.4, 0.5) is 0 Å². The van der Waals surface area contributed by atoms with Gasteiger partial charge in [0.25, 0.3) is 0 Å². The number of likely N-dealkylation sites (tertiary alicyclic amines) is 1. The maximum absolute atomic E-state index is 13.4. The van der Waals surface area contributed by atoms with Crippen LogP contribution in [0.15, 0.2) is 12.2 Å². The summed E-state index contributed by atoms with van der Waals surface area (Å²) in [5.41, 5.74) is 3.26. The molecule has 5 aliphatic rings. The Kier molecular flexibility index (Phi) is 4.27. The van der Waals surface area contributed by atoms with Gasteiger partial charge in [-0.3, -0.25) is 4.90 Å². The van der Waals surface area contributed by atoms with Crippen LogP contribution in [0.25, 0.3) is 0 Å². The molecule has 2 bridgehead atoms. The fourth-order valence-electron chi connectivity index (χ4n) is 10.0. The van der Waals surface area contributed by atoms with Crippen molar-refractivity contribution in [1.29, 1.82) is 0 Å². The first-order chi connectivity index (χ1) is 16.3. The number of phenolic OH excluding ortho intramolecular Hbond substituents is 1. The molecule has 4 nitrogen and oxygen atoms in total. The minimum atomic E-state index is -1.01. The van der Waals surface area contributed by atoms with Gasteiger partial charge >= 0.3 is 0 Å². The molecule has 3 aliphatic carbocycles. The van der Waals surface area contributed by atoms with Gasteiger partial charge in [0.2, 0.25) is 0 Å². The molecule has 1 aromatic rings. The van der Waals surface area contributed by atoms with Gasteiger partial charge in [0.05, 0.1) is 11.0 Å². The summed E-state index contributed by atoms with van der Waals surface area (Å²) in [6, 6.07) is -0.0819. The van der Waals surface area contributed by atoms with E-state index in [0.717, 1.165) is 35.2 Å². The standard InChI is InChI=1S/C32H47NO3/c1-17-13-14-31(35)25-27(6,7)20-18(2)19(3)22(34)23-21(20)32(31,24(17)36-23)28(8,9)29(10,11)33(25)16-30(12)15-26(30,4)5/h24-25,34-35H,1,13-16H2,2-12H3/t24-,25+,30?,31+,32-/m0/s1. The lowest BCUT2D eigenvalue weighted by atomic mass is 9.34. The second kappa shape index (κ2) is 6.20. The van der Waals surface area contributed by atoms with E-state index in [1.165, 1.54) is 12.0 Å². The summed E-state index contributed by atoms with van der Waals surface area (Å²) in [7, 11) is 0. The van der Waals surface area contributed by atoms with E-state index >= 15 is 0 Å². The molecule has 1 saturated heterocycles. The molecule has 2 aliphatic heterocycles. The number of aromatic hydroxyl groups is 1. The minimum Gasteiger partial charge on any atom is -0.504 e. The Hall–Kier alpha value is -1.52. The highest BCUT2D eigenvalue weighted by Crippen LogP contribution is 2.78. The van der Waals surface area contributed by atoms with Crippen molar-refractivity contribution >= 4 is 0 Å². The summed E-state index contributed by atoms with van der Waals surface area (Å²) in [6.45, 7) is 31.0. The van der Waals surface area contributed by atoms with E-state index in [0.29, 0.717) is 17.6 Å². The fraction of sp³-hybridized carbons (Fsp3) is 0.750. The lowest BCUT2D eigenvalue weighted by Gasteiger charge is -2.77. The first-order valence-corrected chi connectivity index (χ1v) is 14.0. The van der Waals surface area contributed by atoms with E-state index < -0.39 is 11.0 Å². The van der Waals surface area contributed by atoms with Gasteiger partial charge in [-0.25, -0.2) is 0 Å². The van der Waals surface area contributed by atoms with Crippen LogP contribution in [-0.4, -0.2) is 44.9 Å². The highest BCUT2D eigenvalue weighted by Gasteiger charge is 2.84. The highest BCUT2D eigenvalue weighted by molar-refractivity contribution is 5.72. The van der Waals surface area contributed by atoms with Gasteiger partial charge in [-0.2, -0.15) is 0 Å². The number of hydrogen-bond acceptors (Lipinski definition) is 4. The van der Waals surface area contributed by atoms with Gasteiger partial charge in [-0.1, -0.05) is 55.0 Å². The number of hydrogen-bond donors (Lipinski definition) is 2. The quantitative estimate of drug-likeness (QED) is 0.474. The Labute approximate surface area is 218 Å². The Morgan fingerprint density at radius 2 is 1.56 bits per heavy atom. The molecule has 2 N–H and O–H groups in total. The van der Waals surface area contributed by atoms with Crippen LogP contribution in [0, 0.1) is 30.1 Å². The molecule has 198 valence electrons. The summed E-state index contributed by atoms with van der Waals surface area (Å²) in [4.78, 5) is 2.72. The number of nitrogens with zero attached hydrogens (tertiary/aromatic N) is 1. The highest BCUT2D eigenvalue weighted by atomic mass is 16.5. The lowest BCUT2D eigenvalue weighted by molar-refractivity contribution is -0.282. The third kappa shape index (κ3) is 2.18. The van der Waals surface area contributed by atoms with E-state index in [9.17, 15) is 10.2 Å². The van der Waals surface area contributed by atoms with E-state index in [2.05, 4.69) is 80.7 Å². The summed E-state index contributed by atoms with van der Waals surface area (Å²) >= 11 is 0. The number of piperidine rings is 1. The first kappa shape index (κ1) is 24.8. The normalized spacial score (nSPS) is 42.1. The molecule has 0 radical (unpaired) electrons. The largest absolute Gasteiger partial charge is 0.504 e. The Morgan fingerprint density at radius 1 is 0.972 bits per heavy atom. The predicted octanol–water partition coefficient (Wildman–Crippen LogP) is 6.31. The number of rotatable bonds is 2. The van der Waals surface area contributed by atoms with Crippen molar-refractivity contribution < 1.29 is 14.9 Å². The average Bonchev–Trinajstić information content (AvgIpc) is 3.06. The SMILES string of the molecule is C=C1CC[C@@]2(O)[C@@H]3N(CC4(C)CC4(C)C)C(C)(C)C(C)(C)[C@@]24c2c(c(O)c(C)c(C)c2C3(C)C)O[C@@H]14. The lowest BCUT2D eigenvalue weighted by Crippen LogP contribution is -2.88. The molecule has 4 heteroatoms. The van der Waals surface area contributed by atoms with Crippen LogP contribution < -0.4 is 4.74 Å². The van der Waals surface area contributed by atoms with Crippen molar-refractivity contribution in [2.45, 2.75) is 130 Å². The molecule has 36 heavy (non-hydrogen) atoms. The van der Waals surface area contributed by atoms with Gasteiger partial charge in [0.15, 0.2) is 11.5 Å². The van der Waals surface area contributed by atoms with Crippen molar-refractivity contribution in [2.24, 2.45) is 16.2 Å². The van der Waals surface area contributed by atoms with Crippen molar-refractivity contribution in [3.05, 3.63) is 34.4 Å². The Balaban J connectivity index is 1.76. The third-order valence-corrected chi connectivity index (χ3v) is 13.1. The van der Waals surface area contributed by atoms with Crippen LogP contribution >= 0.6 is 0 Å². The van der Waals surface area contributed by atoms with Crippen LogP contribution in [0.1, 0.15) is 104 Å². The van der Waals surface area contributed by atoms with Crippen molar-refractivity contribution in [3.63, 3.8) is 0 Å². The van der Waals surface area contributed by atoms with Crippen LogP contribution in [0.5, 0.6) is 11.5 Å². The van der Waals surface area contributed by atoms with Crippen LogP contribution in [0.2, 0.25) is 0 Å². The second-order valence-corrected chi connectivity index (χ2v) is 15.6. The minimum absolute atomic E-state index is 0.0819. The molecular weight excluding hydrogens is 446 g/mol. The topological polar surface area (TPSA) is 52.9 Å². The van der Waals surface area contributed by atoms with E-state index in [-0.39, 0.29) is 39.7 Å². The summed E-state index contributed by atoms with van der Waals surface area (Å²) in [6.07, 6.45) is 2.27. The zero-order valence-electron chi connectivity index (χ0n) is 24.4. The number of aliphatic hydroxyl groups is 1. The maximum Gasteiger partial charge on any atom is 0.166 e. The molecule has 2 heterocycles. The van der Waals surface area contributed by atoms with E-state index in [1.54, 1.807) is 0 Å². The number of ether oxygens (including phenoxy) is 1. The van der Waals surface area contributed by atoms with E-state index in [1.807, 2.05) is 6.92 Å². The Bertz CT molecular complexity index is 1240. The van der Waals surface area contributed by atoms with Gasteiger partial charge in [-0.05, 0) is 85.5 Å². The molecule has 2 saturated carbocycles. The first-order valence-electron chi connectivity index (χ1n) is 14.0. The summed E-state index contributed by atoms with van der Waals surface area (Å²) < 4.78 is 6.80. The molecular formula is C32H47NO3.